The number of methoxy groups -OCH3 is 2. The molecule has 23 heavy (non-hydrogen) atoms. The highest BCUT2D eigenvalue weighted by Gasteiger charge is 2.21. The number of ether oxygens (including phenoxy) is 2. The maximum absolute atomic E-state index is 6.43. The average molecular weight is 370 g/mol. The fourth-order valence-corrected chi connectivity index (χ4v) is 4.01. The molecule has 0 aliphatic rings. The van der Waals surface area contributed by atoms with Crippen LogP contribution in [0.4, 0.5) is 0 Å². The molecule has 0 unspecified atom stereocenters. The predicted octanol–water partition coefficient (Wildman–Crippen LogP) is 4.14. The molecule has 8 heteroatoms. The number of pyridine rings is 1. The summed E-state index contributed by atoms with van der Waals surface area (Å²) >= 11 is 14.3. The molecule has 0 saturated carbocycles. The van der Waals surface area contributed by atoms with Crippen molar-refractivity contribution < 1.29 is 9.47 Å². The number of nitrogens with two attached hydrogens (primary N) is 1. The minimum Gasteiger partial charge on any atom is -0.495 e. The van der Waals surface area contributed by atoms with Gasteiger partial charge in [0.2, 0.25) is 0 Å². The minimum atomic E-state index is 0.373. The Kier molecular flexibility index (Phi) is 4.59. The SMILES string of the molecule is COc1cc(OC)c(Cl)c(-c2nc3cnc(CN)cc3s2)c1Cl. The van der Waals surface area contributed by atoms with E-state index in [9.17, 15) is 0 Å². The number of hydrogen-bond donors (Lipinski definition) is 1. The summed E-state index contributed by atoms with van der Waals surface area (Å²) in [6.07, 6.45) is 1.69. The molecule has 2 aromatic heterocycles. The summed E-state index contributed by atoms with van der Waals surface area (Å²) in [5.74, 6) is 0.950. The van der Waals surface area contributed by atoms with Crippen molar-refractivity contribution in [1.82, 2.24) is 9.97 Å². The number of aromatic nitrogens is 2. The minimum absolute atomic E-state index is 0.373. The van der Waals surface area contributed by atoms with E-state index in [1.807, 2.05) is 6.07 Å². The lowest BCUT2D eigenvalue weighted by atomic mass is 10.2. The summed E-state index contributed by atoms with van der Waals surface area (Å²) in [7, 11) is 3.07. The fourth-order valence-electron chi connectivity index (χ4n) is 2.16. The van der Waals surface area contributed by atoms with Crippen LogP contribution in [0.1, 0.15) is 5.69 Å². The van der Waals surface area contributed by atoms with Gasteiger partial charge in [0, 0.05) is 12.6 Å². The predicted molar refractivity (Wildman–Crippen MR) is 93.9 cm³/mol. The lowest BCUT2D eigenvalue weighted by Crippen LogP contribution is -1.98. The first-order valence-corrected chi connectivity index (χ1v) is 8.22. The number of hydrogen-bond acceptors (Lipinski definition) is 6. The van der Waals surface area contributed by atoms with Crippen LogP contribution in [0.15, 0.2) is 18.3 Å². The van der Waals surface area contributed by atoms with Crippen molar-refractivity contribution in [2.45, 2.75) is 6.54 Å². The number of halogens is 2. The molecule has 0 aliphatic carbocycles. The fraction of sp³-hybridized carbons (Fsp3) is 0.200. The zero-order chi connectivity index (χ0) is 16.6. The van der Waals surface area contributed by atoms with E-state index in [2.05, 4.69) is 9.97 Å². The second-order valence-corrected chi connectivity index (χ2v) is 6.44. The molecular formula is C15H13Cl2N3O2S. The summed E-state index contributed by atoms with van der Waals surface area (Å²) in [4.78, 5) is 8.81. The van der Waals surface area contributed by atoms with Crippen molar-refractivity contribution in [1.29, 1.82) is 0 Å². The summed E-state index contributed by atoms with van der Waals surface area (Å²) in [6, 6.07) is 3.56. The van der Waals surface area contributed by atoms with Crippen LogP contribution in [-0.2, 0) is 6.54 Å². The van der Waals surface area contributed by atoms with E-state index in [1.54, 1.807) is 12.3 Å². The molecule has 0 aliphatic heterocycles. The Balaban J connectivity index is 2.25. The highest BCUT2D eigenvalue weighted by Crippen LogP contribution is 2.47. The maximum Gasteiger partial charge on any atom is 0.141 e. The molecule has 0 amide bonds. The van der Waals surface area contributed by atoms with Gasteiger partial charge in [-0.25, -0.2) is 4.98 Å². The van der Waals surface area contributed by atoms with Gasteiger partial charge in [0.15, 0.2) is 0 Å². The molecule has 3 aromatic rings. The largest absolute Gasteiger partial charge is 0.495 e. The quantitative estimate of drug-likeness (QED) is 0.747. The molecule has 2 heterocycles. The Labute approximate surface area is 147 Å². The van der Waals surface area contributed by atoms with Crippen molar-refractivity contribution in [2.24, 2.45) is 5.73 Å². The molecule has 2 N–H and O–H groups in total. The van der Waals surface area contributed by atoms with Gasteiger partial charge in [-0.05, 0) is 6.07 Å². The van der Waals surface area contributed by atoms with Gasteiger partial charge in [-0.2, -0.15) is 0 Å². The molecule has 120 valence electrons. The summed E-state index contributed by atoms with van der Waals surface area (Å²) in [6.45, 7) is 0.373. The van der Waals surface area contributed by atoms with Crippen LogP contribution in [0, 0.1) is 0 Å². The van der Waals surface area contributed by atoms with Gasteiger partial charge in [0.1, 0.15) is 22.0 Å². The van der Waals surface area contributed by atoms with Crippen LogP contribution < -0.4 is 15.2 Å². The maximum atomic E-state index is 6.43. The third kappa shape index (κ3) is 2.83. The van der Waals surface area contributed by atoms with Gasteiger partial charge in [-0.3, -0.25) is 4.98 Å². The van der Waals surface area contributed by atoms with E-state index in [0.29, 0.717) is 38.7 Å². The summed E-state index contributed by atoms with van der Waals surface area (Å²) < 4.78 is 11.5. The molecule has 0 spiro atoms. The van der Waals surface area contributed by atoms with E-state index in [1.165, 1.54) is 25.6 Å². The number of thiazole rings is 1. The van der Waals surface area contributed by atoms with Crippen molar-refractivity contribution in [2.75, 3.05) is 14.2 Å². The molecule has 0 atom stereocenters. The Morgan fingerprint density at radius 3 is 2.35 bits per heavy atom. The molecule has 0 fully saturated rings. The molecule has 3 rings (SSSR count). The van der Waals surface area contributed by atoms with Gasteiger partial charge in [-0.15, -0.1) is 11.3 Å². The number of nitrogens with zero attached hydrogens (tertiary/aromatic N) is 2. The molecule has 0 radical (unpaired) electrons. The van der Waals surface area contributed by atoms with Crippen molar-refractivity contribution in [3.63, 3.8) is 0 Å². The van der Waals surface area contributed by atoms with E-state index >= 15 is 0 Å². The molecule has 0 saturated heterocycles. The van der Waals surface area contributed by atoms with E-state index in [4.69, 9.17) is 38.4 Å². The second-order valence-electron chi connectivity index (χ2n) is 4.65. The van der Waals surface area contributed by atoms with Crippen LogP contribution in [0.2, 0.25) is 10.0 Å². The number of fused-ring (bicyclic) bond motifs is 1. The lowest BCUT2D eigenvalue weighted by molar-refractivity contribution is 0.395. The van der Waals surface area contributed by atoms with Gasteiger partial charge in [0.05, 0.1) is 46.4 Å². The third-order valence-electron chi connectivity index (χ3n) is 3.33. The van der Waals surface area contributed by atoms with Crippen molar-refractivity contribution in [3.05, 3.63) is 34.1 Å². The molecule has 0 bridgehead atoms. The monoisotopic (exact) mass is 369 g/mol. The Morgan fingerprint density at radius 2 is 1.78 bits per heavy atom. The van der Waals surface area contributed by atoms with Crippen molar-refractivity contribution in [3.8, 4) is 22.1 Å². The van der Waals surface area contributed by atoms with E-state index in [-0.39, 0.29) is 0 Å². The van der Waals surface area contributed by atoms with Gasteiger partial charge >= 0.3 is 0 Å². The van der Waals surface area contributed by atoms with Crippen molar-refractivity contribution >= 4 is 44.8 Å². The highest BCUT2D eigenvalue weighted by molar-refractivity contribution is 7.21. The number of benzene rings is 1. The first-order chi connectivity index (χ1) is 11.1. The third-order valence-corrected chi connectivity index (χ3v) is 5.11. The summed E-state index contributed by atoms with van der Waals surface area (Å²) in [5, 5.41) is 1.46. The first-order valence-electron chi connectivity index (χ1n) is 6.65. The first kappa shape index (κ1) is 16.3. The number of rotatable bonds is 4. The smallest absolute Gasteiger partial charge is 0.141 e. The highest BCUT2D eigenvalue weighted by atomic mass is 35.5. The van der Waals surface area contributed by atoms with Crippen LogP contribution in [0.5, 0.6) is 11.5 Å². The van der Waals surface area contributed by atoms with Gasteiger partial charge in [-0.1, -0.05) is 23.2 Å². The Hall–Kier alpha value is -1.60. The summed E-state index contributed by atoms with van der Waals surface area (Å²) in [5.41, 5.74) is 7.77. The molecule has 5 nitrogen and oxygen atoms in total. The second kappa shape index (κ2) is 6.49. The van der Waals surface area contributed by atoms with E-state index in [0.717, 1.165) is 15.9 Å². The lowest BCUT2D eigenvalue weighted by Gasteiger charge is -2.12. The zero-order valence-corrected chi connectivity index (χ0v) is 14.7. The van der Waals surface area contributed by atoms with E-state index < -0.39 is 0 Å². The van der Waals surface area contributed by atoms with Gasteiger partial charge < -0.3 is 15.2 Å². The average Bonchev–Trinajstić information content (AvgIpc) is 2.97. The van der Waals surface area contributed by atoms with Crippen LogP contribution >= 0.6 is 34.5 Å². The zero-order valence-electron chi connectivity index (χ0n) is 12.4. The Morgan fingerprint density at radius 1 is 1.13 bits per heavy atom. The standard InChI is InChI=1S/C15H13Cl2N3O2S/c1-21-9-4-10(22-2)14(17)12(13(9)16)15-20-8-6-19-7(5-18)3-11(8)23-15/h3-4,6H,5,18H2,1-2H3. The molecular weight excluding hydrogens is 357 g/mol. The van der Waals surface area contributed by atoms with Crippen LogP contribution in [0.3, 0.4) is 0 Å². The van der Waals surface area contributed by atoms with Gasteiger partial charge in [0.25, 0.3) is 0 Å². The molecule has 1 aromatic carbocycles. The van der Waals surface area contributed by atoms with Crippen LogP contribution in [0.25, 0.3) is 20.8 Å². The topological polar surface area (TPSA) is 70.3 Å². The normalized spacial score (nSPS) is 11.0. The Bertz CT molecular complexity index is 855. The van der Waals surface area contributed by atoms with Crippen LogP contribution in [-0.4, -0.2) is 24.2 Å².